The Morgan fingerprint density at radius 1 is 1.21 bits per heavy atom. The number of fused-ring (bicyclic) bond motifs is 3. The highest BCUT2D eigenvalue weighted by molar-refractivity contribution is 5.97. The number of aryl methyl sites for hydroxylation is 2. The van der Waals surface area contributed by atoms with Gasteiger partial charge in [0.1, 0.15) is 34.9 Å². The van der Waals surface area contributed by atoms with Gasteiger partial charge in [0.15, 0.2) is 12.5 Å². The zero-order valence-corrected chi connectivity index (χ0v) is 15.9. The number of para-hydroxylation sites is 1. The van der Waals surface area contributed by atoms with Crippen LogP contribution in [0.2, 0.25) is 0 Å². The summed E-state index contributed by atoms with van der Waals surface area (Å²) in [5.74, 6) is 2.50. The summed E-state index contributed by atoms with van der Waals surface area (Å²) in [6, 6.07) is 13.6. The zero-order chi connectivity index (χ0) is 20.2. The molecular formula is C22H18N4O3. The Labute approximate surface area is 167 Å². The van der Waals surface area contributed by atoms with Crippen molar-refractivity contribution in [1.82, 2.24) is 9.38 Å². The lowest BCUT2D eigenvalue weighted by molar-refractivity contribution is 0.302. The second kappa shape index (κ2) is 7.95. The molecule has 0 saturated carbocycles. The molecule has 0 spiro atoms. The Hall–Kier alpha value is -3.97. The predicted molar refractivity (Wildman–Crippen MR) is 106 cm³/mol. The van der Waals surface area contributed by atoms with Gasteiger partial charge in [-0.05, 0) is 19.4 Å². The highest BCUT2D eigenvalue weighted by Crippen LogP contribution is 2.35. The Kier molecular flexibility index (Phi) is 5.05. The largest absolute Gasteiger partial charge is 0.491 e. The SMILES string of the molecule is Cc1cnc(CCCOc2cc(OCC#N)cn3c2c(C#N)c2ccccc23)o1. The van der Waals surface area contributed by atoms with Gasteiger partial charge in [-0.15, -0.1) is 0 Å². The van der Waals surface area contributed by atoms with Crippen molar-refractivity contribution in [1.29, 1.82) is 10.5 Å². The number of hydrogen-bond acceptors (Lipinski definition) is 6. The average Bonchev–Trinajstić information content (AvgIpc) is 3.30. The average molecular weight is 386 g/mol. The van der Waals surface area contributed by atoms with E-state index in [1.807, 2.05) is 41.7 Å². The zero-order valence-electron chi connectivity index (χ0n) is 15.9. The molecule has 0 aliphatic carbocycles. The third kappa shape index (κ3) is 3.59. The van der Waals surface area contributed by atoms with Gasteiger partial charge in [-0.3, -0.25) is 0 Å². The first-order valence-corrected chi connectivity index (χ1v) is 9.22. The molecule has 29 heavy (non-hydrogen) atoms. The molecule has 0 saturated heterocycles. The van der Waals surface area contributed by atoms with Crippen LogP contribution in [0.5, 0.6) is 11.5 Å². The van der Waals surface area contributed by atoms with Crippen LogP contribution in [0.3, 0.4) is 0 Å². The lowest BCUT2D eigenvalue weighted by atomic mass is 10.1. The Balaban J connectivity index is 1.68. The monoisotopic (exact) mass is 386 g/mol. The summed E-state index contributed by atoms with van der Waals surface area (Å²) >= 11 is 0. The van der Waals surface area contributed by atoms with E-state index in [-0.39, 0.29) is 6.61 Å². The van der Waals surface area contributed by atoms with Crippen molar-refractivity contribution in [2.75, 3.05) is 13.2 Å². The lowest BCUT2D eigenvalue weighted by Gasteiger charge is -2.11. The Morgan fingerprint density at radius 2 is 2.07 bits per heavy atom. The van der Waals surface area contributed by atoms with Crippen molar-refractivity contribution in [2.24, 2.45) is 0 Å². The minimum atomic E-state index is -0.0707. The maximum atomic E-state index is 9.77. The normalized spacial score (nSPS) is 10.7. The summed E-state index contributed by atoms with van der Waals surface area (Å²) in [4.78, 5) is 4.19. The van der Waals surface area contributed by atoms with Crippen LogP contribution in [0.4, 0.5) is 0 Å². The number of benzene rings is 1. The van der Waals surface area contributed by atoms with Gasteiger partial charge in [0.05, 0.1) is 30.1 Å². The van der Waals surface area contributed by atoms with Crippen LogP contribution in [-0.2, 0) is 6.42 Å². The van der Waals surface area contributed by atoms with E-state index >= 15 is 0 Å². The first-order valence-electron chi connectivity index (χ1n) is 9.22. The number of aromatic nitrogens is 2. The molecule has 3 aromatic heterocycles. The summed E-state index contributed by atoms with van der Waals surface area (Å²) in [6.07, 6.45) is 4.83. The molecule has 7 heteroatoms. The molecule has 0 atom stereocenters. The van der Waals surface area contributed by atoms with E-state index < -0.39 is 0 Å². The van der Waals surface area contributed by atoms with E-state index in [1.165, 1.54) is 0 Å². The van der Waals surface area contributed by atoms with Gasteiger partial charge < -0.3 is 18.3 Å². The topological polar surface area (TPSA) is 96.5 Å². The van der Waals surface area contributed by atoms with Crippen molar-refractivity contribution in [3.05, 3.63) is 59.9 Å². The van der Waals surface area contributed by atoms with E-state index in [9.17, 15) is 5.26 Å². The summed E-state index contributed by atoms with van der Waals surface area (Å²) in [5, 5.41) is 19.4. The molecule has 0 aliphatic heterocycles. The number of oxazole rings is 1. The molecule has 0 fully saturated rings. The number of pyridine rings is 1. The van der Waals surface area contributed by atoms with Gasteiger partial charge in [0.25, 0.3) is 0 Å². The number of hydrogen-bond donors (Lipinski definition) is 0. The molecule has 0 bridgehead atoms. The van der Waals surface area contributed by atoms with Crippen LogP contribution in [-0.4, -0.2) is 22.6 Å². The summed E-state index contributed by atoms with van der Waals surface area (Å²) in [6.45, 7) is 2.21. The van der Waals surface area contributed by atoms with Crippen LogP contribution >= 0.6 is 0 Å². The third-order valence-corrected chi connectivity index (χ3v) is 4.55. The Bertz CT molecular complexity index is 1260. The molecular weight excluding hydrogens is 368 g/mol. The highest BCUT2D eigenvalue weighted by Gasteiger charge is 2.17. The second-order valence-electron chi connectivity index (χ2n) is 6.53. The van der Waals surface area contributed by atoms with Crippen LogP contribution in [0.25, 0.3) is 16.4 Å². The molecule has 0 unspecified atom stereocenters. The quantitative estimate of drug-likeness (QED) is 0.442. The highest BCUT2D eigenvalue weighted by atomic mass is 16.5. The maximum absolute atomic E-state index is 9.77. The summed E-state index contributed by atoms with van der Waals surface area (Å²) < 4.78 is 18.9. The molecule has 3 heterocycles. The van der Waals surface area contributed by atoms with E-state index in [0.29, 0.717) is 47.9 Å². The fourth-order valence-corrected chi connectivity index (χ4v) is 3.34. The minimum Gasteiger partial charge on any atom is -0.491 e. The third-order valence-electron chi connectivity index (χ3n) is 4.55. The van der Waals surface area contributed by atoms with E-state index in [2.05, 4.69) is 11.1 Å². The van der Waals surface area contributed by atoms with Crippen molar-refractivity contribution >= 4 is 16.4 Å². The lowest BCUT2D eigenvalue weighted by Crippen LogP contribution is -2.03. The van der Waals surface area contributed by atoms with Crippen LogP contribution in [0, 0.1) is 29.6 Å². The number of nitrogens with zero attached hydrogens (tertiary/aromatic N) is 4. The smallest absolute Gasteiger partial charge is 0.194 e. The molecule has 0 amide bonds. The van der Waals surface area contributed by atoms with Crippen molar-refractivity contribution < 1.29 is 13.9 Å². The molecule has 1 aromatic carbocycles. The number of nitriles is 2. The predicted octanol–water partition coefficient (Wildman–Crippen LogP) is 4.17. The van der Waals surface area contributed by atoms with Crippen molar-refractivity contribution in [3.63, 3.8) is 0 Å². The van der Waals surface area contributed by atoms with Gasteiger partial charge in [-0.1, -0.05) is 18.2 Å². The Morgan fingerprint density at radius 3 is 2.83 bits per heavy atom. The first-order chi connectivity index (χ1) is 14.2. The maximum Gasteiger partial charge on any atom is 0.194 e. The molecule has 0 radical (unpaired) electrons. The van der Waals surface area contributed by atoms with Crippen molar-refractivity contribution in [2.45, 2.75) is 19.8 Å². The van der Waals surface area contributed by atoms with E-state index in [0.717, 1.165) is 16.7 Å². The van der Waals surface area contributed by atoms with E-state index in [1.54, 1.807) is 18.5 Å². The van der Waals surface area contributed by atoms with Crippen LogP contribution in [0.1, 0.15) is 23.6 Å². The first kappa shape index (κ1) is 18.4. The minimum absolute atomic E-state index is 0.0707. The van der Waals surface area contributed by atoms with E-state index in [4.69, 9.17) is 19.2 Å². The number of rotatable bonds is 7. The fraction of sp³-hybridized carbons (Fsp3) is 0.227. The molecule has 0 N–H and O–H groups in total. The molecule has 4 aromatic rings. The molecule has 144 valence electrons. The molecule has 4 rings (SSSR count). The fourth-order valence-electron chi connectivity index (χ4n) is 3.34. The summed E-state index contributed by atoms with van der Waals surface area (Å²) in [5.41, 5.74) is 2.11. The standard InChI is InChI=1S/C22H18N4O3/c1-15-13-25-21(29-15)7-4-9-28-20-11-16(27-10-8-23)14-26-19-6-3-2-5-17(19)18(12-24)22(20)26/h2-3,5-6,11,13-14H,4,7,9-10H2,1H3. The van der Waals surface area contributed by atoms with Crippen LogP contribution < -0.4 is 9.47 Å². The van der Waals surface area contributed by atoms with Gasteiger partial charge in [-0.25, -0.2) is 4.98 Å². The number of ether oxygens (including phenoxy) is 2. The van der Waals surface area contributed by atoms with Crippen LogP contribution in [0.15, 0.2) is 47.1 Å². The van der Waals surface area contributed by atoms with Gasteiger partial charge in [-0.2, -0.15) is 10.5 Å². The molecule has 0 aliphatic rings. The van der Waals surface area contributed by atoms with Gasteiger partial charge >= 0.3 is 0 Å². The molecule has 7 nitrogen and oxygen atoms in total. The van der Waals surface area contributed by atoms with Gasteiger partial charge in [0, 0.05) is 17.9 Å². The summed E-state index contributed by atoms with van der Waals surface area (Å²) in [7, 11) is 0. The van der Waals surface area contributed by atoms with Crippen molar-refractivity contribution in [3.8, 4) is 23.6 Å². The second-order valence-corrected chi connectivity index (χ2v) is 6.53. The van der Waals surface area contributed by atoms with Gasteiger partial charge in [0.2, 0.25) is 0 Å².